The molecule has 2 heterocycles. The van der Waals surface area contributed by atoms with Gasteiger partial charge in [-0.1, -0.05) is 0 Å². The molecule has 7 heteroatoms. The number of nitrogens with zero attached hydrogens (tertiary/aromatic N) is 3. The van der Waals surface area contributed by atoms with E-state index < -0.39 is 5.97 Å². The number of ether oxygens (including phenoxy) is 1. The molecule has 17 heavy (non-hydrogen) atoms. The number of anilines is 1. The second kappa shape index (κ2) is 4.17. The zero-order valence-corrected chi connectivity index (χ0v) is 10.5. The number of carbonyl (C=O) groups excluding carboxylic acids is 1. The van der Waals surface area contributed by atoms with E-state index in [1.807, 2.05) is 13.8 Å². The van der Waals surface area contributed by atoms with Crippen LogP contribution in [0.1, 0.15) is 21.1 Å². The molecule has 0 unspecified atom stereocenters. The van der Waals surface area contributed by atoms with Gasteiger partial charge in [0.15, 0.2) is 10.8 Å². The first-order chi connectivity index (χ1) is 8.04. The maximum atomic E-state index is 11.4. The Morgan fingerprint density at radius 2 is 2.24 bits per heavy atom. The van der Waals surface area contributed by atoms with Crippen molar-refractivity contribution in [3.8, 4) is 5.13 Å². The lowest BCUT2D eigenvalue weighted by atomic mass is 10.4. The number of carbonyl (C=O) groups is 1. The van der Waals surface area contributed by atoms with Crippen LogP contribution in [0.25, 0.3) is 5.13 Å². The van der Waals surface area contributed by atoms with Gasteiger partial charge in [0.1, 0.15) is 12.1 Å². The maximum Gasteiger partial charge on any atom is 0.360 e. The maximum absolute atomic E-state index is 11.4. The Morgan fingerprint density at radius 3 is 2.76 bits per heavy atom. The van der Waals surface area contributed by atoms with Crippen LogP contribution in [-0.4, -0.2) is 27.6 Å². The molecular weight excluding hydrogens is 240 g/mol. The first kappa shape index (κ1) is 11.6. The molecule has 0 radical (unpaired) electrons. The molecule has 2 aromatic rings. The van der Waals surface area contributed by atoms with E-state index >= 15 is 0 Å². The third-order valence-corrected chi connectivity index (χ3v) is 3.48. The molecule has 0 bridgehead atoms. The van der Waals surface area contributed by atoms with Crippen molar-refractivity contribution in [2.45, 2.75) is 13.8 Å². The summed E-state index contributed by atoms with van der Waals surface area (Å²) in [5.74, 6) is -0.308. The molecule has 0 aromatic carbocycles. The number of hydrogen-bond donors (Lipinski definition) is 1. The molecule has 0 aliphatic carbocycles. The Labute approximate surface area is 102 Å². The number of aryl methyl sites for hydroxylation is 2. The van der Waals surface area contributed by atoms with Gasteiger partial charge in [-0.3, -0.25) is 4.57 Å². The predicted octanol–water partition coefficient (Wildman–Crippen LogP) is 1.31. The molecule has 0 spiro atoms. The standard InChI is InChI=1S/C10H12N4O2S/c1-5-6(2)17-10(13-5)14-4-12-7(8(14)11)9(15)16-3/h4H,11H2,1-3H3. The Kier molecular flexibility index (Phi) is 2.84. The van der Waals surface area contributed by atoms with Crippen LogP contribution in [0.4, 0.5) is 5.82 Å². The lowest BCUT2D eigenvalue weighted by Crippen LogP contribution is -2.07. The summed E-state index contributed by atoms with van der Waals surface area (Å²) in [6, 6.07) is 0. The highest BCUT2D eigenvalue weighted by molar-refractivity contribution is 7.14. The van der Waals surface area contributed by atoms with E-state index in [0.29, 0.717) is 5.13 Å². The van der Waals surface area contributed by atoms with Gasteiger partial charge in [-0.05, 0) is 13.8 Å². The lowest BCUT2D eigenvalue weighted by molar-refractivity contribution is 0.0596. The number of nitrogen functional groups attached to an aromatic ring is 1. The lowest BCUT2D eigenvalue weighted by Gasteiger charge is -2.00. The zero-order chi connectivity index (χ0) is 12.6. The van der Waals surface area contributed by atoms with Gasteiger partial charge >= 0.3 is 5.97 Å². The fraction of sp³-hybridized carbons (Fsp3) is 0.300. The van der Waals surface area contributed by atoms with Gasteiger partial charge < -0.3 is 10.5 Å². The molecule has 0 amide bonds. The van der Waals surface area contributed by atoms with Crippen LogP contribution in [0.2, 0.25) is 0 Å². The molecule has 2 N–H and O–H groups in total. The average molecular weight is 252 g/mol. The van der Waals surface area contributed by atoms with Gasteiger partial charge in [0.2, 0.25) is 0 Å². The number of aromatic nitrogens is 3. The Morgan fingerprint density at radius 1 is 1.53 bits per heavy atom. The van der Waals surface area contributed by atoms with Crippen LogP contribution >= 0.6 is 11.3 Å². The number of thiazole rings is 1. The van der Waals surface area contributed by atoms with Gasteiger partial charge in [0.25, 0.3) is 0 Å². The first-order valence-corrected chi connectivity index (χ1v) is 5.71. The summed E-state index contributed by atoms with van der Waals surface area (Å²) in [7, 11) is 1.29. The van der Waals surface area contributed by atoms with E-state index in [0.717, 1.165) is 10.6 Å². The SMILES string of the molecule is COC(=O)c1ncn(-c2nc(C)c(C)s2)c1N. The summed E-state index contributed by atoms with van der Waals surface area (Å²) in [5.41, 5.74) is 6.89. The van der Waals surface area contributed by atoms with E-state index in [1.54, 1.807) is 4.57 Å². The summed E-state index contributed by atoms with van der Waals surface area (Å²) < 4.78 is 6.16. The molecule has 0 aliphatic rings. The fourth-order valence-corrected chi connectivity index (χ4v) is 2.22. The second-order valence-electron chi connectivity index (χ2n) is 3.48. The van der Waals surface area contributed by atoms with Crippen LogP contribution in [0.15, 0.2) is 6.33 Å². The summed E-state index contributed by atoms with van der Waals surface area (Å²) >= 11 is 1.49. The van der Waals surface area contributed by atoms with Gasteiger partial charge in [0.05, 0.1) is 12.8 Å². The molecule has 2 aromatic heterocycles. The van der Waals surface area contributed by atoms with E-state index in [-0.39, 0.29) is 11.5 Å². The van der Waals surface area contributed by atoms with Gasteiger partial charge in [-0.25, -0.2) is 14.8 Å². The van der Waals surface area contributed by atoms with E-state index in [2.05, 4.69) is 14.7 Å². The molecule has 90 valence electrons. The first-order valence-electron chi connectivity index (χ1n) is 4.90. The normalized spacial score (nSPS) is 10.5. The second-order valence-corrected chi connectivity index (χ2v) is 4.66. The summed E-state index contributed by atoms with van der Waals surface area (Å²) in [6.07, 6.45) is 1.47. The summed E-state index contributed by atoms with van der Waals surface area (Å²) in [5, 5.41) is 0.695. The van der Waals surface area contributed by atoms with Crippen LogP contribution < -0.4 is 5.73 Å². The van der Waals surface area contributed by atoms with Crippen molar-refractivity contribution >= 4 is 23.1 Å². The molecule has 0 aliphatic heterocycles. The molecule has 2 rings (SSSR count). The quantitative estimate of drug-likeness (QED) is 0.815. The molecule has 0 fully saturated rings. The minimum Gasteiger partial charge on any atom is -0.464 e. The number of esters is 1. The molecule has 0 atom stereocenters. The van der Waals surface area contributed by atoms with Crippen molar-refractivity contribution in [3.63, 3.8) is 0 Å². The van der Waals surface area contributed by atoms with E-state index in [1.165, 1.54) is 24.8 Å². The van der Waals surface area contributed by atoms with Crippen molar-refractivity contribution < 1.29 is 9.53 Å². The van der Waals surface area contributed by atoms with Crippen LogP contribution in [-0.2, 0) is 4.74 Å². The molecular formula is C10H12N4O2S. The number of imidazole rings is 1. The van der Waals surface area contributed by atoms with Crippen molar-refractivity contribution in [2.75, 3.05) is 12.8 Å². The highest BCUT2D eigenvalue weighted by Gasteiger charge is 2.18. The largest absolute Gasteiger partial charge is 0.464 e. The predicted molar refractivity (Wildman–Crippen MR) is 64.5 cm³/mol. The Balaban J connectivity index is 2.47. The third-order valence-electron chi connectivity index (χ3n) is 2.41. The number of hydrogen-bond acceptors (Lipinski definition) is 6. The van der Waals surface area contributed by atoms with Crippen molar-refractivity contribution in [3.05, 3.63) is 22.6 Å². The topological polar surface area (TPSA) is 83.0 Å². The number of methoxy groups -OCH3 is 1. The Hall–Kier alpha value is -1.89. The van der Waals surface area contributed by atoms with E-state index in [9.17, 15) is 4.79 Å². The van der Waals surface area contributed by atoms with Crippen LogP contribution in [0.3, 0.4) is 0 Å². The fourth-order valence-electron chi connectivity index (χ4n) is 1.32. The van der Waals surface area contributed by atoms with E-state index in [4.69, 9.17) is 5.73 Å². The highest BCUT2D eigenvalue weighted by Crippen LogP contribution is 2.24. The average Bonchev–Trinajstić information content (AvgIpc) is 2.82. The highest BCUT2D eigenvalue weighted by atomic mass is 32.1. The van der Waals surface area contributed by atoms with Crippen molar-refractivity contribution in [1.29, 1.82) is 0 Å². The minimum absolute atomic E-state index is 0.109. The van der Waals surface area contributed by atoms with Crippen LogP contribution in [0, 0.1) is 13.8 Å². The zero-order valence-electron chi connectivity index (χ0n) is 9.72. The van der Waals surface area contributed by atoms with Crippen molar-refractivity contribution in [2.24, 2.45) is 0 Å². The molecule has 0 saturated heterocycles. The van der Waals surface area contributed by atoms with Crippen molar-refractivity contribution in [1.82, 2.24) is 14.5 Å². The molecule has 0 saturated carbocycles. The number of nitrogens with two attached hydrogens (primary N) is 1. The van der Waals surface area contributed by atoms with Gasteiger partial charge in [-0.2, -0.15) is 0 Å². The smallest absolute Gasteiger partial charge is 0.360 e. The monoisotopic (exact) mass is 252 g/mol. The Bertz CT molecular complexity index is 553. The number of rotatable bonds is 2. The van der Waals surface area contributed by atoms with Crippen LogP contribution in [0.5, 0.6) is 0 Å². The third kappa shape index (κ3) is 1.89. The minimum atomic E-state index is -0.550. The van der Waals surface area contributed by atoms with Gasteiger partial charge in [0, 0.05) is 4.88 Å². The summed E-state index contributed by atoms with van der Waals surface area (Å²) in [4.78, 5) is 20.7. The van der Waals surface area contributed by atoms with Gasteiger partial charge in [-0.15, -0.1) is 11.3 Å². The summed E-state index contributed by atoms with van der Waals surface area (Å²) in [6.45, 7) is 3.90. The molecule has 6 nitrogen and oxygen atoms in total.